The molecule has 1 amide bonds. The number of benzene rings is 2. The van der Waals surface area contributed by atoms with Crippen LogP contribution in [0.3, 0.4) is 0 Å². The third kappa shape index (κ3) is 6.00. The van der Waals surface area contributed by atoms with Gasteiger partial charge in [0.05, 0.1) is 22.6 Å². The third-order valence-electron chi connectivity index (χ3n) is 7.23. The second-order valence-corrected chi connectivity index (χ2v) is 13.6. The van der Waals surface area contributed by atoms with E-state index in [-0.39, 0.29) is 27.1 Å². The van der Waals surface area contributed by atoms with Crippen molar-refractivity contribution >= 4 is 31.6 Å². The highest BCUT2D eigenvalue weighted by molar-refractivity contribution is 7.89. The second kappa shape index (κ2) is 11.5. The van der Waals surface area contributed by atoms with Gasteiger partial charge in [0.15, 0.2) is 0 Å². The number of methoxy groups -OCH3 is 1. The molecular formula is C26H35N3O6S2. The Morgan fingerprint density at radius 2 is 1.59 bits per heavy atom. The van der Waals surface area contributed by atoms with Crippen molar-refractivity contribution < 1.29 is 26.4 Å². The van der Waals surface area contributed by atoms with E-state index in [2.05, 4.69) is 5.32 Å². The van der Waals surface area contributed by atoms with Crippen molar-refractivity contribution in [3.8, 4) is 5.75 Å². The van der Waals surface area contributed by atoms with Crippen molar-refractivity contribution in [1.29, 1.82) is 0 Å². The van der Waals surface area contributed by atoms with Gasteiger partial charge in [-0.1, -0.05) is 31.7 Å². The summed E-state index contributed by atoms with van der Waals surface area (Å²) in [7, 11) is -4.47. The average Bonchev–Trinajstić information content (AvgIpc) is 2.93. The van der Waals surface area contributed by atoms with Crippen molar-refractivity contribution in [2.75, 3.05) is 32.6 Å². The van der Waals surface area contributed by atoms with E-state index in [1.165, 1.54) is 58.2 Å². The first kappa shape index (κ1) is 27.6. The second-order valence-electron chi connectivity index (χ2n) is 9.62. The van der Waals surface area contributed by atoms with Crippen LogP contribution < -0.4 is 10.1 Å². The molecule has 0 bridgehead atoms. The largest absolute Gasteiger partial charge is 0.495 e. The Morgan fingerprint density at radius 3 is 2.27 bits per heavy atom. The summed E-state index contributed by atoms with van der Waals surface area (Å²) in [5, 5.41) is 2.71. The summed E-state index contributed by atoms with van der Waals surface area (Å²) < 4.78 is 61.1. The molecule has 11 heteroatoms. The van der Waals surface area contributed by atoms with Crippen molar-refractivity contribution in [3.63, 3.8) is 0 Å². The number of piperidine rings is 1. The van der Waals surface area contributed by atoms with Crippen LogP contribution in [-0.2, 0) is 20.0 Å². The van der Waals surface area contributed by atoms with Gasteiger partial charge in [-0.15, -0.1) is 0 Å². The molecule has 9 nitrogen and oxygen atoms in total. The lowest BCUT2D eigenvalue weighted by Gasteiger charge is -2.30. The van der Waals surface area contributed by atoms with Crippen LogP contribution in [-0.4, -0.2) is 64.6 Å². The highest BCUT2D eigenvalue weighted by Gasteiger charge is 2.30. The van der Waals surface area contributed by atoms with Gasteiger partial charge in [-0.25, -0.2) is 16.8 Å². The first-order valence-corrected chi connectivity index (χ1v) is 15.6. The molecule has 0 atom stereocenters. The van der Waals surface area contributed by atoms with Crippen molar-refractivity contribution in [3.05, 3.63) is 48.0 Å². The number of nitrogens with one attached hydrogen (secondary N) is 1. The predicted molar refractivity (Wildman–Crippen MR) is 142 cm³/mol. The zero-order valence-corrected chi connectivity index (χ0v) is 23.0. The van der Waals surface area contributed by atoms with E-state index in [0.717, 1.165) is 51.4 Å². The fraction of sp³-hybridized carbons (Fsp3) is 0.500. The van der Waals surface area contributed by atoms with Crippen LogP contribution in [0.15, 0.2) is 52.3 Å². The van der Waals surface area contributed by atoms with Gasteiger partial charge in [-0.3, -0.25) is 4.79 Å². The van der Waals surface area contributed by atoms with Crippen LogP contribution in [0.25, 0.3) is 0 Å². The lowest BCUT2D eigenvalue weighted by atomic mass is 9.96. The molecule has 0 unspecified atom stereocenters. The predicted octanol–water partition coefficient (Wildman–Crippen LogP) is 4.08. The molecule has 1 saturated carbocycles. The molecular weight excluding hydrogens is 514 g/mol. The molecule has 4 rings (SSSR count). The smallest absolute Gasteiger partial charge is 0.255 e. The number of sulfonamides is 2. The highest BCUT2D eigenvalue weighted by atomic mass is 32.2. The van der Waals surface area contributed by atoms with Gasteiger partial charge in [0.2, 0.25) is 20.0 Å². The lowest BCUT2D eigenvalue weighted by Crippen LogP contribution is -2.38. The number of anilines is 1. The van der Waals surface area contributed by atoms with Gasteiger partial charge in [-0.05, 0) is 62.1 Å². The van der Waals surface area contributed by atoms with E-state index >= 15 is 0 Å². The molecule has 1 aliphatic heterocycles. The van der Waals surface area contributed by atoms with Crippen molar-refractivity contribution in [2.45, 2.75) is 67.2 Å². The van der Waals surface area contributed by atoms with Crippen LogP contribution >= 0.6 is 0 Å². The van der Waals surface area contributed by atoms with E-state index in [0.29, 0.717) is 18.8 Å². The molecule has 2 fully saturated rings. The molecule has 202 valence electrons. The molecule has 1 aliphatic carbocycles. The Kier molecular flexibility index (Phi) is 8.57. The molecule has 0 aromatic heterocycles. The zero-order valence-electron chi connectivity index (χ0n) is 21.4. The van der Waals surface area contributed by atoms with Gasteiger partial charge in [-0.2, -0.15) is 8.61 Å². The molecule has 2 aliphatic rings. The topological polar surface area (TPSA) is 113 Å². The van der Waals surface area contributed by atoms with E-state index in [1.807, 2.05) is 0 Å². The third-order valence-corrected chi connectivity index (χ3v) is 11.0. The Morgan fingerprint density at radius 1 is 0.919 bits per heavy atom. The molecule has 1 N–H and O–H groups in total. The van der Waals surface area contributed by atoms with E-state index in [4.69, 9.17) is 4.74 Å². The Balaban J connectivity index is 1.57. The molecule has 37 heavy (non-hydrogen) atoms. The summed E-state index contributed by atoms with van der Waals surface area (Å²) in [5.74, 6) is -0.269. The van der Waals surface area contributed by atoms with Crippen LogP contribution in [0, 0.1) is 0 Å². The molecule has 0 radical (unpaired) electrons. The normalized spacial score (nSPS) is 18.0. The van der Waals surface area contributed by atoms with E-state index in [9.17, 15) is 21.6 Å². The SMILES string of the molecule is COc1ccc(S(=O)(=O)N2CCCCC2)cc1NC(=O)c1cccc(S(=O)(=O)N(C)C2CCCCC2)c1. The first-order chi connectivity index (χ1) is 17.6. The number of hydrogen-bond donors (Lipinski definition) is 1. The molecule has 2 aromatic rings. The minimum Gasteiger partial charge on any atom is -0.495 e. The number of ether oxygens (including phenoxy) is 1. The fourth-order valence-corrected chi connectivity index (χ4v) is 8.01. The monoisotopic (exact) mass is 549 g/mol. The number of rotatable bonds is 8. The van der Waals surface area contributed by atoms with Gasteiger partial charge < -0.3 is 10.1 Å². The summed E-state index contributed by atoms with van der Waals surface area (Å²) in [6.07, 6.45) is 7.40. The molecule has 2 aromatic carbocycles. The maximum absolute atomic E-state index is 13.3. The minimum absolute atomic E-state index is 0.0432. The number of carbonyl (C=O) groups is 1. The Bertz CT molecular complexity index is 1330. The van der Waals surface area contributed by atoms with Gasteiger partial charge in [0.25, 0.3) is 5.91 Å². The number of nitrogens with zero attached hydrogens (tertiary/aromatic N) is 2. The molecule has 1 heterocycles. The standard InChI is InChI=1S/C26H35N3O6S2/c1-28(21-11-5-3-6-12-21)36(31,32)22-13-9-10-20(18-22)26(30)27-24-19-23(14-15-25(24)35-2)37(33,34)29-16-7-4-8-17-29/h9-10,13-15,18-19,21H,3-8,11-12,16-17H2,1-2H3,(H,27,30). The van der Waals surface area contributed by atoms with Crippen LogP contribution in [0.5, 0.6) is 5.75 Å². The first-order valence-electron chi connectivity index (χ1n) is 12.7. The number of carbonyl (C=O) groups excluding carboxylic acids is 1. The van der Waals surface area contributed by atoms with E-state index in [1.54, 1.807) is 7.05 Å². The number of amides is 1. The van der Waals surface area contributed by atoms with Gasteiger partial charge >= 0.3 is 0 Å². The van der Waals surface area contributed by atoms with Crippen LogP contribution in [0.4, 0.5) is 5.69 Å². The van der Waals surface area contributed by atoms with Gasteiger partial charge in [0, 0.05) is 31.7 Å². The maximum Gasteiger partial charge on any atom is 0.255 e. The Labute approximate surface area is 219 Å². The molecule has 0 spiro atoms. The molecule has 1 saturated heterocycles. The zero-order chi connectivity index (χ0) is 26.6. The summed E-state index contributed by atoms with van der Waals surface area (Å²) >= 11 is 0. The van der Waals surface area contributed by atoms with Crippen LogP contribution in [0.2, 0.25) is 0 Å². The number of hydrogen-bond acceptors (Lipinski definition) is 6. The highest BCUT2D eigenvalue weighted by Crippen LogP contribution is 2.31. The quantitative estimate of drug-likeness (QED) is 0.531. The van der Waals surface area contributed by atoms with Crippen molar-refractivity contribution in [2.24, 2.45) is 0 Å². The van der Waals surface area contributed by atoms with Gasteiger partial charge in [0.1, 0.15) is 5.75 Å². The lowest BCUT2D eigenvalue weighted by molar-refractivity contribution is 0.102. The van der Waals surface area contributed by atoms with E-state index < -0.39 is 26.0 Å². The summed E-state index contributed by atoms with van der Waals surface area (Å²) in [4.78, 5) is 13.3. The minimum atomic E-state index is -3.78. The Hall–Kier alpha value is -2.47. The fourth-order valence-electron chi connectivity index (χ4n) is 5.00. The maximum atomic E-state index is 13.3. The summed E-state index contributed by atoms with van der Waals surface area (Å²) in [6, 6.07) is 10.2. The average molecular weight is 550 g/mol. The van der Waals surface area contributed by atoms with Crippen LogP contribution in [0.1, 0.15) is 61.7 Å². The summed E-state index contributed by atoms with van der Waals surface area (Å²) in [5.41, 5.74) is 0.336. The summed E-state index contributed by atoms with van der Waals surface area (Å²) in [6.45, 7) is 0.930. The van der Waals surface area contributed by atoms with Crippen molar-refractivity contribution in [1.82, 2.24) is 8.61 Å².